The van der Waals surface area contributed by atoms with Gasteiger partial charge in [-0.15, -0.1) is 11.3 Å². The fourth-order valence-corrected chi connectivity index (χ4v) is 2.57. The first-order valence-electron chi connectivity index (χ1n) is 6.41. The van der Waals surface area contributed by atoms with E-state index in [2.05, 4.69) is 59.9 Å². The molecule has 2 nitrogen and oxygen atoms in total. The van der Waals surface area contributed by atoms with Gasteiger partial charge >= 0.3 is 0 Å². The average molecular weight is 260 g/mol. The molecule has 1 aromatic heterocycles. The summed E-state index contributed by atoms with van der Waals surface area (Å²) in [5, 5.41) is 5.68. The molecular weight excluding hydrogens is 240 g/mol. The molecule has 2 aromatic rings. The van der Waals surface area contributed by atoms with Crippen LogP contribution in [0.4, 0.5) is 0 Å². The minimum atomic E-state index is 0.496. The number of hydrogen-bond donors (Lipinski definition) is 1. The predicted octanol–water partition coefficient (Wildman–Crippen LogP) is 3.47. The molecule has 0 spiro atoms. The first-order valence-corrected chi connectivity index (χ1v) is 7.35. The molecule has 18 heavy (non-hydrogen) atoms. The van der Waals surface area contributed by atoms with Crippen molar-refractivity contribution in [3.05, 3.63) is 52.5 Å². The molecule has 1 atom stereocenters. The lowest BCUT2D eigenvalue weighted by molar-refractivity contribution is 0.524. The summed E-state index contributed by atoms with van der Waals surface area (Å²) < 4.78 is 0. The van der Waals surface area contributed by atoms with Crippen LogP contribution in [0.5, 0.6) is 0 Å². The van der Waals surface area contributed by atoms with Gasteiger partial charge in [0.1, 0.15) is 0 Å². The van der Waals surface area contributed by atoms with Crippen LogP contribution in [-0.4, -0.2) is 17.6 Å². The number of nitrogens with zero attached hydrogens (tertiary/aromatic N) is 1. The zero-order chi connectivity index (χ0) is 12.8. The maximum Gasteiger partial charge on any atom is 0.0794 e. The highest BCUT2D eigenvalue weighted by molar-refractivity contribution is 7.07. The molecule has 0 aliphatic heterocycles. The highest BCUT2D eigenvalue weighted by Gasteiger charge is 2.13. The second-order valence-corrected chi connectivity index (χ2v) is 5.57. The molecule has 0 aliphatic carbocycles. The van der Waals surface area contributed by atoms with Gasteiger partial charge in [-0.25, -0.2) is 4.98 Å². The maximum atomic E-state index is 4.40. The van der Waals surface area contributed by atoms with Crippen molar-refractivity contribution in [1.29, 1.82) is 0 Å². The van der Waals surface area contributed by atoms with E-state index in [1.807, 2.05) is 5.51 Å². The van der Waals surface area contributed by atoms with Crippen molar-refractivity contribution in [2.75, 3.05) is 6.54 Å². The molecule has 3 heteroatoms. The predicted molar refractivity (Wildman–Crippen MR) is 78.1 cm³/mol. The summed E-state index contributed by atoms with van der Waals surface area (Å²) in [5.74, 6) is 0.496. The minimum absolute atomic E-state index is 0.496. The lowest BCUT2D eigenvalue weighted by Crippen LogP contribution is -2.29. The van der Waals surface area contributed by atoms with Crippen LogP contribution in [0.2, 0.25) is 0 Å². The highest BCUT2D eigenvalue weighted by atomic mass is 32.1. The fraction of sp³-hybridized carbons (Fsp3) is 0.400. The van der Waals surface area contributed by atoms with E-state index >= 15 is 0 Å². The normalized spacial score (nSPS) is 12.8. The van der Waals surface area contributed by atoms with Crippen molar-refractivity contribution in [3.63, 3.8) is 0 Å². The van der Waals surface area contributed by atoms with Gasteiger partial charge < -0.3 is 5.32 Å². The topological polar surface area (TPSA) is 24.9 Å². The van der Waals surface area contributed by atoms with E-state index in [1.54, 1.807) is 11.3 Å². The van der Waals surface area contributed by atoms with Gasteiger partial charge in [0.15, 0.2) is 0 Å². The summed E-state index contributed by atoms with van der Waals surface area (Å²) in [4.78, 5) is 4.40. The van der Waals surface area contributed by atoms with Gasteiger partial charge in [0.25, 0.3) is 0 Å². The first-order chi connectivity index (χ1) is 8.75. The second kappa shape index (κ2) is 6.66. The number of benzene rings is 1. The van der Waals surface area contributed by atoms with Crippen molar-refractivity contribution >= 4 is 11.3 Å². The largest absolute Gasteiger partial charge is 0.314 e. The van der Waals surface area contributed by atoms with Crippen LogP contribution in [0.15, 0.2) is 41.2 Å². The van der Waals surface area contributed by atoms with Crippen LogP contribution in [0, 0.1) is 0 Å². The SMILES string of the molecule is CC(C)NCC(Cc1cscn1)c1ccccc1. The molecule has 1 N–H and O–H groups in total. The molecule has 0 aliphatic rings. The van der Waals surface area contributed by atoms with E-state index < -0.39 is 0 Å². The lowest BCUT2D eigenvalue weighted by Gasteiger charge is -2.19. The van der Waals surface area contributed by atoms with Crippen molar-refractivity contribution < 1.29 is 0 Å². The van der Waals surface area contributed by atoms with Gasteiger partial charge in [-0.2, -0.15) is 0 Å². The smallest absolute Gasteiger partial charge is 0.0794 e. The standard InChI is InChI=1S/C15H20N2S/c1-12(2)16-9-14(8-15-10-18-11-17-15)13-6-4-3-5-7-13/h3-7,10-12,14,16H,8-9H2,1-2H3. The number of hydrogen-bond acceptors (Lipinski definition) is 3. The van der Waals surface area contributed by atoms with Crippen LogP contribution in [0.25, 0.3) is 0 Å². The summed E-state index contributed by atoms with van der Waals surface area (Å²) in [6.07, 6.45) is 1.01. The Kier molecular flexibility index (Phi) is 4.90. The number of aromatic nitrogens is 1. The Balaban J connectivity index is 2.07. The Morgan fingerprint density at radius 1 is 1.22 bits per heavy atom. The van der Waals surface area contributed by atoms with E-state index in [1.165, 1.54) is 11.3 Å². The van der Waals surface area contributed by atoms with Crippen molar-refractivity contribution in [1.82, 2.24) is 10.3 Å². The third kappa shape index (κ3) is 3.93. The Hall–Kier alpha value is -1.19. The summed E-state index contributed by atoms with van der Waals surface area (Å²) in [7, 11) is 0. The Bertz CT molecular complexity index is 437. The third-order valence-electron chi connectivity index (χ3n) is 2.98. The monoisotopic (exact) mass is 260 g/mol. The summed E-state index contributed by atoms with van der Waals surface area (Å²) in [6, 6.07) is 11.2. The Labute approximate surface area is 113 Å². The van der Waals surface area contributed by atoms with Gasteiger partial charge in [0.05, 0.1) is 11.2 Å². The van der Waals surface area contributed by atoms with Gasteiger partial charge in [0.2, 0.25) is 0 Å². The molecule has 0 saturated heterocycles. The van der Waals surface area contributed by atoms with E-state index in [0.29, 0.717) is 12.0 Å². The van der Waals surface area contributed by atoms with Crippen molar-refractivity contribution in [3.8, 4) is 0 Å². The average Bonchev–Trinajstić information content (AvgIpc) is 2.88. The van der Waals surface area contributed by atoms with E-state index in [4.69, 9.17) is 0 Å². The van der Waals surface area contributed by atoms with Gasteiger partial charge in [0, 0.05) is 23.9 Å². The molecule has 2 rings (SSSR count). The molecule has 1 heterocycles. The van der Waals surface area contributed by atoms with Gasteiger partial charge in [-0.3, -0.25) is 0 Å². The summed E-state index contributed by atoms with van der Waals surface area (Å²) in [5.41, 5.74) is 4.49. The quantitative estimate of drug-likeness (QED) is 0.860. The lowest BCUT2D eigenvalue weighted by atomic mass is 9.94. The third-order valence-corrected chi connectivity index (χ3v) is 3.62. The number of nitrogens with one attached hydrogen (secondary N) is 1. The second-order valence-electron chi connectivity index (χ2n) is 4.85. The first kappa shape index (κ1) is 13.2. The van der Waals surface area contributed by atoms with Crippen LogP contribution in [0.1, 0.15) is 31.0 Å². The number of rotatable bonds is 6. The molecule has 96 valence electrons. The molecule has 0 bridgehead atoms. The zero-order valence-corrected chi connectivity index (χ0v) is 11.8. The van der Waals surface area contributed by atoms with Crippen molar-refractivity contribution in [2.24, 2.45) is 0 Å². The molecule has 0 saturated carbocycles. The van der Waals surface area contributed by atoms with Crippen LogP contribution >= 0.6 is 11.3 Å². The van der Waals surface area contributed by atoms with E-state index in [0.717, 1.165) is 13.0 Å². The fourth-order valence-electron chi connectivity index (χ4n) is 2.00. The van der Waals surface area contributed by atoms with Gasteiger partial charge in [-0.1, -0.05) is 44.2 Å². The summed E-state index contributed by atoms with van der Waals surface area (Å²) >= 11 is 1.67. The van der Waals surface area contributed by atoms with Gasteiger partial charge in [-0.05, 0) is 12.0 Å². The molecule has 0 fully saturated rings. The molecule has 0 amide bonds. The minimum Gasteiger partial charge on any atom is -0.314 e. The Morgan fingerprint density at radius 3 is 2.61 bits per heavy atom. The van der Waals surface area contributed by atoms with Crippen LogP contribution in [0.3, 0.4) is 0 Å². The van der Waals surface area contributed by atoms with Crippen LogP contribution < -0.4 is 5.32 Å². The molecule has 1 aromatic carbocycles. The van der Waals surface area contributed by atoms with Crippen LogP contribution in [-0.2, 0) is 6.42 Å². The maximum absolute atomic E-state index is 4.40. The van der Waals surface area contributed by atoms with Crippen molar-refractivity contribution in [2.45, 2.75) is 32.2 Å². The Morgan fingerprint density at radius 2 is 2.00 bits per heavy atom. The molecule has 1 unspecified atom stereocenters. The highest BCUT2D eigenvalue weighted by Crippen LogP contribution is 2.20. The van der Waals surface area contributed by atoms with E-state index in [-0.39, 0.29) is 0 Å². The summed E-state index contributed by atoms with van der Waals surface area (Å²) in [6.45, 7) is 5.37. The number of thiazole rings is 1. The van der Waals surface area contributed by atoms with E-state index in [9.17, 15) is 0 Å². The molecule has 0 radical (unpaired) electrons. The zero-order valence-electron chi connectivity index (χ0n) is 11.0. The molecular formula is C15H20N2S.